The summed E-state index contributed by atoms with van der Waals surface area (Å²) in [6, 6.07) is 7.07. The molecule has 1 aliphatic carbocycles. The van der Waals surface area contributed by atoms with Gasteiger partial charge < -0.3 is 9.42 Å². The molecule has 0 bridgehead atoms. The number of aryl methyl sites for hydroxylation is 3. The first-order valence-corrected chi connectivity index (χ1v) is 10.4. The van der Waals surface area contributed by atoms with Crippen molar-refractivity contribution in [2.75, 3.05) is 11.4 Å². The number of hydrogen-bond donors (Lipinski definition) is 0. The van der Waals surface area contributed by atoms with E-state index in [1.54, 1.807) is 17.4 Å². The van der Waals surface area contributed by atoms with Crippen LogP contribution in [0.3, 0.4) is 0 Å². The van der Waals surface area contributed by atoms with Crippen molar-refractivity contribution in [3.63, 3.8) is 0 Å². The molecule has 2 aliphatic rings. The minimum atomic E-state index is -0.382. The van der Waals surface area contributed by atoms with Crippen molar-refractivity contribution in [2.24, 2.45) is 0 Å². The van der Waals surface area contributed by atoms with Crippen molar-refractivity contribution in [3.8, 4) is 10.8 Å². The normalized spacial score (nSPS) is 19.3. The molecular weight excluding hydrogens is 377 g/mol. The van der Waals surface area contributed by atoms with Gasteiger partial charge in [0.05, 0.1) is 10.6 Å². The molecule has 1 fully saturated rings. The fourth-order valence-electron chi connectivity index (χ4n) is 4.04. The van der Waals surface area contributed by atoms with Crippen LogP contribution in [0.15, 0.2) is 28.8 Å². The van der Waals surface area contributed by atoms with Crippen LogP contribution in [-0.4, -0.2) is 22.6 Å². The molecule has 1 amide bonds. The maximum absolute atomic E-state index is 14.3. The Balaban J connectivity index is 1.38. The van der Waals surface area contributed by atoms with Crippen LogP contribution in [0, 0.1) is 12.7 Å². The van der Waals surface area contributed by atoms with Crippen LogP contribution in [-0.2, 0) is 17.6 Å². The molecule has 1 aromatic carbocycles. The highest BCUT2D eigenvalue weighted by atomic mass is 32.1. The number of rotatable bonds is 3. The summed E-state index contributed by atoms with van der Waals surface area (Å²) < 4.78 is 19.8. The highest BCUT2D eigenvalue weighted by Gasteiger charge is 2.36. The molecule has 1 aliphatic heterocycles. The van der Waals surface area contributed by atoms with Gasteiger partial charge in [-0.3, -0.25) is 4.79 Å². The predicted octanol–water partition coefficient (Wildman–Crippen LogP) is 4.64. The zero-order valence-electron chi connectivity index (χ0n) is 15.6. The first-order chi connectivity index (χ1) is 13.6. The number of thiophene rings is 1. The molecule has 5 nitrogen and oxygen atoms in total. The Morgan fingerprint density at radius 2 is 2.11 bits per heavy atom. The first kappa shape index (κ1) is 17.6. The van der Waals surface area contributed by atoms with Crippen LogP contribution < -0.4 is 4.90 Å². The van der Waals surface area contributed by atoms with Gasteiger partial charge in [-0.15, -0.1) is 11.3 Å². The van der Waals surface area contributed by atoms with Gasteiger partial charge in [0.25, 0.3) is 5.89 Å². The van der Waals surface area contributed by atoms with Crippen molar-refractivity contribution in [1.29, 1.82) is 0 Å². The highest BCUT2D eigenvalue weighted by Crippen LogP contribution is 2.37. The number of carbonyl (C=O) groups is 1. The van der Waals surface area contributed by atoms with Crippen molar-refractivity contribution < 1.29 is 13.7 Å². The molecule has 5 rings (SSSR count). The standard InChI is InChI=1S/C21H20FN3O2S/c1-12-6-7-16(15(22)8-12)25-11-14(10-19(25)26)20-23-21(27-24-20)18-9-13-4-2-3-5-17(13)28-18/h6-9,14H,2-5,10-11H2,1H3. The van der Waals surface area contributed by atoms with Crippen LogP contribution in [0.25, 0.3) is 10.8 Å². The molecule has 1 unspecified atom stereocenters. The molecule has 3 aromatic rings. The van der Waals surface area contributed by atoms with Crippen LogP contribution in [0.2, 0.25) is 0 Å². The summed E-state index contributed by atoms with van der Waals surface area (Å²) in [5.41, 5.74) is 2.53. The molecule has 0 saturated carbocycles. The Kier molecular flexibility index (Phi) is 4.27. The summed E-state index contributed by atoms with van der Waals surface area (Å²) in [6.07, 6.45) is 4.95. The van der Waals surface area contributed by atoms with E-state index in [0.29, 0.717) is 23.9 Å². The minimum absolute atomic E-state index is 0.120. The Morgan fingerprint density at radius 3 is 2.93 bits per heavy atom. The number of fused-ring (bicyclic) bond motifs is 1. The molecule has 0 N–H and O–H groups in total. The molecule has 144 valence electrons. The summed E-state index contributed by atoms with van der Waals surface area (Å²) >= 11 is 1.72. The average Bonchev–Trinajstić information content (AvgIpc) is 3.39. The Morgan fingerprint density at radius 1 is 1.25 bits per heavy atom. The van der Waals surface area contributed by atoms with Gasteiger partial charge in [0.1, 0.15) is 5.82 Å². The minimum Gasteiger partial charge on any atom is -0.333 e. The molecule has 3 heterocycles. The maximum Gasteiger partial charge on any atom is 0.268 e. The number of benzene rings is 1. The number of carbonyl (C=O) groups excluding carboxylic acids is 1. The van der Waals surface area contributed by atoms with E-state index in [0.717, 1.165) is 23.3 Å². The molecule has 1 atom stereocenters. The highest BCUT2D eigenvalue weighted by molar-refractivity contribution is 7.15. The second kappa shape index (κ2) is 6.81. The second-order valence-electron chi connectivity index (χ2n) is 7.58. The number of amides is 1. The number of anilines is 1. The zero-order chi connectivity index (χ0) is 19.3. The van der Waals surface area contributed by atoms with Crippen LogP contribution in [0.1, 0.15) is 47.0 Å². The van der Waals surface area contributed by atoms with Crippen LogP contribution in [0.5, 0.6) is 0 Å². The Labute approximate surface area is 166 Å². The third-order valence-electron chi connectivity index (χ3n) is 5.53. The van der Waals surface area contributed by atoms with Gasteiger partial charge >= 0.3 is 0 Å². The molecular formula is C21H20FN3O2S. The lowest BCUT2D eigenvalue weighted by molar-refractivity contribution is -0.117. The van der Waals surface area contributed by atoms with Crippen molar-refractivity contribution >= 4 is 22.9 Å². The Bertz CT molecular complexity index is 1030. The molecule has 7 heteroatoms. The summed E-state index contributed by atoms with van der Waals surface area (Å²) in [7, 11) is 0. The maximum atomic E-state index is 14.3. The lowest BCUT2D eigenvalue weighted by atomic mass is 9.99. The Hall–Kier alpha value is -2.54. The smallest absolute Gasteiger partial charge is 0.268 e. The van der Waals surface area contributed by atoms with Gasteiger partial charge in [-0.05, 0) is 61.9 Å². The van der Waals surface area contributed by atoms with E-state index < -0.39 is 0 Å². The quantitative estimate of drug-likeness (QED) is 0.646. The molecule has 0 spiro atoms. The van der Waals surface area contributed by atoms with E-state index in [-0.39, 0.29) is 24.1 Å². The lowest BCUT2D eigenvalue weighted by Gasteiger charge is -2.17. The molecule has 2 aromatic heterocycles. The monoisotopic (exact) mass is 397 g/mol. The zero-order valence-corrected chi connectivity index (χ0v) is 16.4. The topological polar surface area (TPSA) is 59.2 Å². The van der Waals surface area contributed by atoms with E-state index in [9.17, 15) is 9.18 Å². The van der Waals surface area contributed by atoms with Gasteiger partial charge in [-0.25, -0.2) is 4.39 Å². The third kappa shape index (κ3) is 3.03. The fourth-order valence-corrected chi connectivity index (χ4v) is 5.22. The van der Waals surface area contributed by atoms with Crippen molar-refractivity contribution in [3.05, 3.63) is 51.9 Å². The summed E-state index contributed by atoms with van der Waals surface area (Å²) in [5, 5.41) is 4.13. The van der Waals surface area contributed by atoms with E-state index in [4.69, 9.17) is 4.52 Å². The van der Waals surface area contributed by atoms with E-state index >= 15 is 0 Å². The van der Waals surface area contributed by atoms with Gasteiger partial charge in [-0.2, -0.15) is 4.98 Å². The van der Waals surface area contributed by atoms with Gasteiger partial charge in [-0.1, -0.05) is 11.2 Å². The predicted molar refractivity (Wildman–Crippen MR) is 105 cm³/mol. The summed E-state index contributed by atoms with van der Waals surface area (Å²) in [6.45, 7) is 2.18. The number of aromatic nitrogens is 2. The van der Waals surface area contributed by atoms with Crippen LogP contribution in [0.4, 0.5) is 10.1 Å². The average molecular weight is 397 g/mol. The fraction of sp³-hybridized carbons (Fsp3) is 0.381. The van der Waals surface area contributed by atoms with Crippen LogP contribution >= 0.6 is 11.3 Å². The first-order valence-electron chi connectivity index (χ1n) is 9.60. The lowest BCUT2D eigenvalue weighted by Crippen LogP contribution is -2.25. The van der Waals surface area contributed by atoms with E-state index in [1.807, 2.05) is 13.0 Å². The second-order valence-corrected chi connectivity index (χ2v) is 8.72. The van der Waals surface area contributed by atoms with Crippen molar-refractivity contribution in [1.82, 2.24) is 10.1 Å². The third-order valence-corrected chi connectivity index (χ3v) is 6.76. The molecule has 1 saturated heterocycles. The summed E-state index contributed by atoms with van der Waals surface area (Å²) in [4.78, 5) is 20.9. The van der Waals surface area contributed by atoms with Gasteiger partial charge in [0.2, 0.25) is 5.91 Å². The number of hydrogen-bond acceptors (Lipinski definition) is 5. The van der Waals surface area contributed by atoms with Gasteiger partial charge in [0, 0.05) is 23.8 Å². The number of halogens is 1. The van der Waals surface area contributed by atoms with E-state index in [1.165, 1.54) is 34.2 Å². The van der Waals surface area contributed by atoms with E-state index in [2.05, 4.69) is 16.2 Å². The van der Waals surface area contributed by atoms with Crippen molar-refractivity contribution in [2.45, 2.75) is 44.9 Å². The molecule has 0 radical (unpaired) electrons. The SMILES string of the molecule is Cc1ccc(N2CC(c3noc(-c4cc5c(s4)CCCC5)n3)CC2=O)c(F)c1. The largest absolute Gasteiger partial charge is 0.333 e. The van der Waals surface area contributed by atoms with Gasteiger partial charge in [0.15, 0.2) is 5.82 Å². The number of nitrogens with zero attached hydrogens (tertiary/aromatic N) is 3. The summed E-state index contributed by atoms with van der Waals surface area (Å²) in [5.74, 6) is 0.338. The molecule has 28 heavy (non-hydrogen) atoms.